The van der Waals surface area contributed by atoms with Crippen LogP contribution < -0.4 is 4.90 Å². The highest BCUT2D eigenvalue weighted by atomic mass is 35.5. The number of carbonyl (C=O) groups is 1. The quantitative estimate of drug-likeness (QED) is 0.914. The molecule has 0 saturated carbocycles. The van der Waals surface area contributed by atoms with Crippen LogP contribution in [0, 0.1) is 5.82 Å². The van der Waals surface area contributed by atoms with Gasteiger partial charge in [0.25, 0.3) is 5.91 Å². The molecule has 98 valence electrons. The van der Waals surface area contributed by atoms with Gasteiger partial charge in [0.1, 0.15) is 11.6 Å². The highest BCUT2D eigenvalue weighted by molar-refractivity contribution is 6.31. The third kappa shape index (κ3) is 2.85. The summed E-state index contributed by atoms with van der Waals surface area (Å²) in [6.45, 7) is 0. The van der Waals surface area contributed by atoms with Gasteiger partial charge in [0.15, 0.2) is 0 Å². The number of carbonyl (C=O) groups excluding carboxylic acids is 1. The molecule has 1 N–H and O–H groups in total. The Balaban J connectivity index is 2.36. The Morgan fingerprint density at radius 2 is 2.00 bits per heavy atom. The summed E-state index contributed by atoms with van der Waals surface area (Å²) in [7, 11) is 1.50. The van der Waals surface area contributed by atoms with Crippen molar-refractivity contribution in [1.29, 1.82) is 0 Å². The van der Waals surface area contributed by atoms with Gasteiger partial charge < -0.3 is 10.0 Å². The molecule has 0 spiro atoms. The Hall–Kier alpha value is -2.07. The zero-order valence-corrected chi connectivity index (χ0v) is 10.9. The summed E-state index contributed by atoms with van der Waals surface area (Å²) < 4.78 is 13.1. The zero-order chi connectivity index (χ0) is 14.0. The first kappa shape index (κ1) is 13.4. The number of halogens is 2. The van der Waals surface area contributed by atoms with Crippen molar-refractivity contribution in [3.63, 3.8) is 0 Å². The van der Waals surface area contributed by atoms with Gasteiger partial charge in [-0.15, -0.1) is 0 Å². The molecule has 0 aliphatic heterocycles. The number of phenols is 1. The number of amides is 1. The van der Waals surface area contributed by atoms with Gasteiger partial charge in [0, 0.05) is 17.8 Å². The number of hydrogen-bond donors (Lipinski definition) is 1. The lowest BCUT2D eigenvalue weighted by atomic mass is 10.1. The molecular weight excluding hydrogens is 269 g/mol. The average Bonchev–Trinajstić information content (AvgIpc) is 2.40. The van der Waals surface area contributed by atoms with Gasteiger partial charge in [-0.25, -0.2) is 4.39 Å². The van der Waals surface area contributed by atoms with Gasteiger partial charge in [0.05, 0.1) is 5.56 Å². The third-order valence-electron chi connectivity index (χ3n) is 2.69. The molecule has 0 bridgehead atoms. The van der Waals surface area contributed by atoms with E-state index in [-0.39, 0.29) is 11.3 Å². The Labute approximate surface area is 114 Å². The summed E-state index contributed by atoms with van der Waals surface area (Å²) in [5.74, 6) is -1.07. The van der Waals surface area contributed by atoms with E-state index in [0.717, 1.165) is 0 Å². The molecule has 3 nitrogen and oxygen atoms in total. The molecule has 0 atom stereocenters. The number of phenolic OH excluding ortho intramolecular Hbond substituents is 1. The van der Waals surface area contributed by atoms with E-state index in [1.54, 1.807) is 6.07 Å². The average molecular weight is 280 g/mol. The van der Waals surface area contributed by atoms with E-state index in [0.29, 0.717) is 10.7 Å². The van der Waals surface area contributed by atoms with Crippen LogP contribution in [-0.4, -0.2) is 18.1 Å². The van der Waals surface area contributed by atoms with E-state index in [1.165, 1.54) is 48.3 Å². The topological polar surface area (TPSA) is 40.5 Å². The largest absolute Gasteiger partial charge is 0.507 e. The molecule has 0 saturated heterocycles. The second-order valence-corrected chi connectivity index (χ2v) is 4.44. The van der Waals surface area contributed by atoms with E-state index in [2.05, 4.69) is 0 Å². The van der Waals surface area contributed by atoms with Crippen molar-refractivity contribution in [3.05, 3.63) is 58.9 Å². The second-order valence-electron chi connectivity index (χ2n) is 4.01. The van der Waals surface area contributed by atoms with Crippen LogP contribution in [0.3, 0.4) is 0 Å². The van der Waals surface area contributed by atoms with Crippen LogP contribution >= 0.6 is 11.6 Å². The minimum atomic E-state index is -0.467. The predicted octanol–water partition coefficient (Wildman–Crippen LogP) is 3.46. The molecule has 0 aromatic heterocycles. The first-order valence-corrected chi connectivity index (χ1v) is 5.89. The Kier molecular flexibility index (Phi) is 3.71. The van der Waals surface area contributed by atoms with E-state index in [4.69, 9.17) is 11.6 Å². The van der Waals surface area contributed by atoms with Gasteiger partial charge in [-0.05, 0) is 36.4 Å². The summed E-state index contributed by atoms with van der Waals surface area (Å²) in [5, 5.41) is 10.0. The molecule has 0 aliphatic carbocycles. The van der Waals surface area contributed by atoms with Crippen LogP contribution in [-0.2, 0) is 0 Å². The van der Waals surface area contributed by atoms with E-state index in [1.807, 2.05) is 0 Å². The van der Waals surface area contributed by atoms with Crippen LogP contribution in [0.4, 0.5) is 10.1 Å². The van der Waals surface area contributed by atoms with Crippen molar-refractivity contribution >= 4 is 23.2 Å². The molecule has 1 amide bonds. The van der Waals surface area contributed by atoms with E-state index in [9.17, 15) is 14.3 Å². The van der Waals surface area contributed by atoms with Crippen LogP contribution in [0.1, 0.15) is 10.4 Å². The summed E-state index contributed by atoms with van der Waals surface area (Å²) in [5.41, 5.74) is 0.462. The molecule has 0 radical (unpaired) electrons. The second kappa shape index (κ2) is 5.28. The molecule has 0 unspecified atom stereocenters. The molecule has 0 heterocycles. The predicted molar refractivity (Wildman–Crippen MR) is 72.3 cm³/mol. The van der Waals surface area contributed by atoms with Gasteiger partial charge >= 0.3 is 0 Å². The molecule has 2 aromatic carbocycles. The van der Waals surface area contributed by atoms with Gasteiger partial charge in [-0.1, -0.05) is 17.7 Å². The first-order chi connectivity index (χ1) is 8.99. The van der Waals surface area contributed by atoms with Crippen molar-refractivity contribution < 1.29 is 14.3 Å². The van der Waals surface area contributed by atoms with Gasteiger partial charge in [-0.3, -0.25) is 4.79 Å². The normalized spacial score (nSPS) is 10.3. The highest BCUT2D eigenvalue weighted by Gasteiger charge is 2.17. The number of benzene rings is 2. The number of rotatable bonds is 2. The van der Waals surface area contributed by atoms with Crippen molar-refractivity contribution in [2.45, 2.75) is 0 Å². The molecule has 2 rings (SSSR count). The number of hydrogen-bond acceptors (Lipinski definition) is 2. The van der Waals surface area contributed by atoms with E-state index >= 15 is 0 Å². The standard InChI is InChI=1S/C14H11ClFNO2/c1-17(11-4-2-3-10(16)8-11)14(19)12-7-9(15)5-6-13(12)18/h2-8,18H,1H3. The minimum absolute atomic E-state index is 0.0688. The van der Waals surface area contributed by atoms with Gasteiger partial charge in [0.2, 0.25) is 0 Å². The lowest BCUT2D eigenvalue weighted by Gasteiger charge is -2.18. The van der Waals surface area contributed by atoms with Crippen LogP contribution in [0.2, 0.25) is 5.02 Å². The smallest absolute Gasteiger partial charge is 0.261 e. The van der Waals surface area contributed by atoms with Crippen LogP contribution in [0.5, 0.6) is 5.75 Å². The van der Waals surface area contributed by atoms with Crippen molar-refractivity contribution in [2.24, 2.45) is 0 Å². The summed E-state index contributed by atoms with van der Waals surface area (Å²) in [4.78, 5) is 13.5. The van der Waals surface area contributed by atoms with E-state index < -0.39 is 11.7 Å². The van der Waals surface area contributed by atoms with Crippen molar-refractivity contribution in [2.75, 3.05) is 11.9 Å². The zero-order valence-electron chi connectivity index (χ0n) is 10.1. The maximum absolute atomic E-state index is 13.1. The molecule has 0 fully saturated rings. The molecule has 0 aliphatic rings. The van der Waals surface area contributed by atoms with Crippen LogP contribution in [0.15, 0.2) is 42.5 Å². The fourth-order valence-corrected chi connectivity index (χ4v) is 1.83. The first-order valence-electron chi connectivity index (χ1n) is 5.51. The monoisotopic (exact) mass is 279 g/mol. The lowest BCUT2D eigenvalue weighted by Crippen LogP contribution is -2.26. The van der Waals surface area contributed by atoms with Crippen LogP contribution in [0.25, 0.3) is 0 Å². The minimum Gasteiger partial charge on any atom is -0.507 e. The molecular formula is C14H11ClFNO2. The summed E-state index contributed by atoms with van der Waals surface area (Å²) in [6, 6.07) is 9.83. The number of nitrogens with zero attached hydrogens (tertiary/aromatic N) is 1. The molecule has 2 aromatic rings. The Bertz CT molecular complexity index is 631. The highest BCUT2D eigenvalue weighted by Crippen LogP contribution is 2.25. The molecule has 5 heteroatoms. The number of anilines is 1. The fraction of sp³-hybridized carbons (Fsp3) is 0.0714. The Morgan fingerprint density at radius 3 is 2.68 bits per heavy atom. The number of aromatic hydroxyl groups is 1. The Morgan fingerprint density at radius 1 is 1.26 bits per heavy atom. The van der Waals surface area contributed by atoms with Crippen molar-refractivity contribution in [1.82, 2.24) is 0 Å². The maximum Gasteiger partial charge on any atom is 0.261 e. The summed E-state index contributed by atoms with van der Waals surface area (Å²) in [6.07, 6.45) is 0. The maximum atomic E-state index is 13.1. The fourth-order valence-electron chi connectivity index (χ4n) is 1.66. The van der Waals surface area contributed by atoms with Crippen molar-refractivity contribution in [3.8, 4) is 5.75 Å². The third-order valence-corrected chi connectivity index (χ3v) is 2.92. The SMILES string of the molecule is CN(C(=O)c1cc(Cl)ccc1O)c1cccc(F)c1. The van der Waals surface area contributed by atoms with Gasteiger partial charge in [-0.2, -0.15) is 0 Å². The lowest BCUT2D eigenvalue weighted by molar-refractivity contribution is 0.0990. The molecule has 19 heavy (non-hydrogen) atoms. The summed E-state index contributed by atoms with van der Waals surface area (Å²) >= 11 is 5.79.